The zero-order valence-electron chi connectivity index (χ0n) is 35.8. The van der Waals surface area contributed by atoms with E-state index in [0.717, 1.165) is 36.3 Å². The predicted molar refractivity (Wildman–Crippen MR) is 249 cm³/mol. The Balaban J connectivity index is 0.000000208. The Hall–Kier alpha value is -4.35. The lowest BCUT2D eigenvalue weighted by atomic mass is 10.0. The topological polar surface area (TPSA) is 57.2 Å². The summed E-state index contributed by atoms with van der Waals surface area (Å²) in [5.41, 5.74) is 7.31. The van der Waals surface area contributed by atoms with Gasteiger partial charge in [0.15, 0.2) is 0 Å². The van der Waals surface area contributed by atoms with Crippen molar-refractivity contribution in [2.45, 2.75) is 69.9 Å². The highest BCUT2D eigenvalue weighted by Gasteiger charge is 2.43. The summed E-state index contributed by atoms with van der Waals surface area (Å²) >= 11 is 0. The second kappa shape index (κ2) is 21.8. The van der Waals surface area contributed by atoms with Crippen LogP contribution in [0.5, 0.6) is 5.75 Å². The van der Waals surface area contributed by atoms with Gasteiger partial charge in [0.05, 0.1) is 69.5 Å². The van der Waals surface area contributed by atoms with Crippen molar-refractivity contribution < 1.29 is 24.1 Å². The fourth-order valence-corrected chi connectivity index (χ4v) is 16.0. The van der Waals surface area contributed by atoms with E-state index in [1.165, 1.54) is 27.1 Å². The van der Waals surface area contributed by atoms with Crippen LogP contribution in [0.1, 0.15) is 29.5 Å². The van der Waals surface area contributed by atoms with Crippen molar-refractivity contribution in [3.8, 4) is 5.75 Å². The van der Waals surface area contributed by atoms with E-state index in [2.05, 4.69) is 148 Å². The molecule has 0 unspecified atom stereocenters. The number of ether oxygens (including phenoxy) is 4. The molecule has 0 saturated heterocycles. The molecule has 0 radical (unpaired) electrons. The fraction of sp³-hybridized carbons (Fsp3) is 0.346. The molecule has 0 spiro atoms. The number of aliphatic hydroxyl groups is 1. The molecule has 1 N–H and O–H groups in total. The molecule has 4 atom stereocenters. The largest absolute Gasteiger partial charge is 0.497 e. The van der Waals surface area contributed by atoms with Gasteiger partial charge in [0.25, 0.3) is 0 Å². The van der Waals surface area contributed by atoms with Crippen molar-refractivity contribution in [3.05, 3.63) is 186 Å². The molecular weight excluding hydrogens is 761 g/mol. The van der Waals surface area contributed by atoms with Gasteiger partial charge in [-0.15, -0.1) is 0 Å². The van der Waals surface area contributed by atoms with Crippen molar-refractivity contribution in [1.82, 2.24) is 0 Å². The van der Waals surface area contributed by atoms with E-state index in [0.29, 0.717) is 56.0 Å². The van der Waals surface area contributed by atoms with Gasteiger partial charge in [0.1, 0.15) is 5.75 Å². The lowest BCUT2D eigenvalue weighted by Crippen LogP contribution is -2.48. The second-order valence-corrected chi connectivity index (χ2v) is 26.7. The highest BCUT2D eigenvalue weighted by Crippen LogP contribution is 2.45. The maximum Gasteiger partial charge on any atom is 0.118 e. The van der Waals surface area contributed by atoms with Crippen LogP contribution in [0.3, 0.4) is 0 Å². The monoisotopic (exact) mass is 824 g/mol. The second-order valence-electron chi connectivity index (χ2n) is 17.1. The summed E-state index contributed by atoms with van der Waals surface area (Å²) in [5, 5.41) is 12.8. The zero-order chi connectivity index (χ0) is 41.5. The summed E-state index contributed by atoms with van der Waals surface area (Å²) in [6.07, 6.45) is 6.84. The van der Waals surface area contributed by atoms with Gasteiger partial charge in [-0.3, -0.25) is 0 Å². The van der Waals surface area contributed by atoms with Crippen LogP contribution in [0.2, 0.25) is 37.3 Å². The van der Waals surface area contributed by atoms with Crippen molar-refractivity contribution >= 4 is 26.5 Å². The summed E-state index contributed by atoms with van der Waals surface area (Å²) < 4.78 is 23.8. The number of aliphatic hydroxyl groups excluding tert-OH is 1. The minimum atomic E-state index is -1.70. The van der Waals surface area contributed by atoms with Crippen molar-refractivity contribution in [1.29, 1.82) is 0 Å². The molecule has 5 aromatic rings. The van der Waals surface area contributed by atoms with Gasteiger partial charge in [-0.1, -0.05) is 182 Å². The normalized spacial score (nSPS) is 19.1. The lowest BCUT2D eigenvalue weighted by Gasteiger charge is -2.36. The summed E-state index contributed by atoms with van der Waals surface area (Å²) in [4.78, 5) is 0. The molecule has 0 aromatic heterocycles. The molecule has 0 heterocycles. The van der Waals surface area contributed by atoms with Crippen LogP contribution in [-0.2, 0) is 34.0 Å². The lowest BCUT2D eigenvalue weighted by molar-refractivity contribution is 0.0846. The molecule has 5 nitrogen and oxygen atoms in total. The Morgan fingerprint density at radius 2 is 0.864 bits per heavy atom. The first-order valence-corrected chi connectivity index (χ1v) is 27.4. The molecule has 7 rings (SSSR count). The minimum Gasteiger partial charge on any atom is -0.497 e. The van der Waals surface area contributed by atoms with E-state index in [1.807, 2.05) is 36.4 Å². The van der Waals surface area contributed by atoms with E-state index in [9.17, 15) is 5.11 Å². The molecule has 7 heteroatoms. The van der Waals surface area contributed by atoms with Gasteiger partial charge in [-0.05, 0) is 63.9 Å². The number of rotatable bonds is 18. The molecule has 0 saturated carbocycles. The van der Waals surface area contributed by atoms with E-state index in [-0.39, 0.29) is 6.61 Å². The predicted octanol–water partition coefficient (Wildman–Crippen LogP) is 10.5. The maximum atomic E-state index is 9.80. The van der Waals surface area contributed by atoms with Crippen molar-refractivity contribution in [2.24, 2.45) is 11.8 Å². The quantitative estimate of drug-likeness (QED) is 0.0705. The van der Waals surface area contributed by atoms with Crippen LogP contribution < -0.4 is 15.1 Å². The minimum absolute atomic E-state index is 0.148. The van der Waals surface area contributed by atoms with E-state index < -0.39 is 16.1 Å². The highest BCUT2D eigenvalue weighted by atomic mass is 28.3. The Morgan fingerprint density at radius 3 is 1.31 bits per heavy atom. The van der Waals surface area contributed by atoms with Gasteiger partial charge >= 0.3 is 0 Å². The Morgan fingerprint density at radius 1 is 0.475 bits per heavy atom. The maximum absolute atomic E-state index is 9.80. The third kappa shape index (κ3) is 11.9. The molecule has 310 valence electrons. The summed E-state index contributed by atoms with van der Waals surface area (Å²) in [6.45, 7) is 14.0. The zero-order valence-corrected chi connectivity index (χ0v) is 37.8. The number of hydrogen-bond donors (Lipinski definition) is 1. The summed E-state index contributed by atoms with van der Waals surface area (Å²) in [6, 6.07) is 50.8. The van der Waals surface area contributed by atoms with Crippen LogP contribution in [0.25, 0.3) is 0 Å². The van der Waals surface area contributed by atoms with E-state index in [1.54, 1.807) is 7.11 Å². The third-order valence-electron chi connectivity index (χ3n) is 12.8. The van der Waals surface area contributed by atoms with E-state index >= 15 is 0 Å². The van der Waals surface area contributed by atoms with Gasteiger partial charge < -0.3 is 24.1 Å². The molecule has 0 amide bonds. The number of allylic oxidation sites excluding steroid dienone is 2. The molecule has 2 aliphatic rings. The summed E-state index contributed by atoms with van der Waals surface area (Å²) in [7, 11) is -1.65. The molecule has 0 bridgehead atoms. The van der Waals surface area contributed by atoms with E-state index in [4.69, 9.17) is 18.9 Å². The Bertz CT molecular complexity index is 2030. The first-order valence-electron chi connectivity index (χ1n) is 21.2. The average molecular weight is 825 g/mol. The average Bonchev–Trinajstić information content (AvgIpc) is 3.90. The van der Waals surface area contributed by atoms with Crippen LogP contribution in [-0.4, -0.2) is 54.8 Å². The van der Waals surface area contributed by atoms with Crippen LogP contribution in [0, 0.1) is 11.8 Å². The molecule has 2 aliphatic carbocycles. The number of hydrogen-bond acceptors (Lipinski definition) is 5. The molecule has 0 aliphatic heterocycles. The molecule has 0 fully saturated rings. The van der Waals surface area contributed by atoms with Crippen LogP contribution in [0.15, 0.2) is 169 Å². The first-order chi connectivity index (χ1) is 28.7. The standard InChI is InChI=1S/C30H36O3Si.C22H28O2Si/c1-31-27-17-14-25(15-18-27)21-32-22-26-16-19-30(34(2,3)28-12-8-5-9-13-28)29(26)23-33-20-24-10-6-4-7-11-24;1-25(2,20-11-7-4-8-12-20)22-14-13-19(15-23)21(22)17-24-16-18-9-5-3-6-10-18/h4-18,29-30H,19-23H2,1-3H3;3-13,21-23H,14-17H2,1-2H3/t29-,30-;21-,22-/m00/s1. The van der Waals surface area contributed by atoms with Crippen LogP contribution >= 0.6 is 0 Å². The third-order valence-corrected chi connectivity index (χ3v) is 21.4. The number of methoxy groups -OCH3 is 1. The Labute approximate surface area is 355 Å². The smallest absolute Gasteiger partial charge is 0.118 e. The van der Waals surface area contributed by atoms with Gasteiger partial charge in [0.2, 0.25) is 0 Å². The SMILES string of the molecule is COc1ccc(COCC2=CC[C@H]([Si](C)(C)c3ccccc3)[C@H]2COCc2ccccc2)cc1.C[Si](C)(c1ccccc1)[C@H]1CC=C(CO)[C@@H]1COCc1ccccc1. The molecule has 5 aromatic carbocycles. The first kappa shape index (κ1) is 44.2. The molecule has 59 heavy (non-hydrogen) atoms. The van der Waals surface area contributed by atoms with Crippen molar-refractivity contribution in [3.63, 3.8) is 0 Å². The highest BCUT2D eigenvalue weighted by molar-refractivity contribution is 6.91. The van der Waals surface area contributed by atoms with Crippen molar-refractivity contribution in [2.75, 3.05) is 33.5 Å². The van der Waals surface area contributed by atoms with Gasteiger partial charge in [-0.25, -0.2) is 0 Å². The van der Waals surface area contributed by atoms with Gasteiger partial charge in [-0.2, -0.15) is 0 Å². The summed E-state index contributed by atoms with van der Waals surface area (Å²) in [5.74, 6) is 1.59. The van der Waals surface area contributed by atoms with Crippen LogP contribution in [0.4, 0.5) is 0 Å². The molecular formula is C52H64O5Si2. The van der Waals surface area contributed by atoms with Gasteiger partial charge in [0, 0.05) is 11.8 Å². The number of benzene rings is 5. The Kier molecular flexibility index (Phi) is 16.3. The fourth-order valence-electron chi connectivity index (χ4n) is 9.02.